The van der Waals surface area contributed by atoms with Crippen molar-refractivity contribution in [1.29, 1.82) is 0 Å². The Balaban J connectivity index is 4.90. The van der Waals surface area contributed by atoms with Crippen LogP contribution in [-0.2, 0) is 42.2 Å². The molecule has 0 aromatic carbocycles. The van der Waals surface area contributed by atoms with E-state index in [1.807, 2.05) is 0 Å². The predicted molar refractivity (Wildman–Crippen MR) is 270 cm³/mol. The van der Waals surface area contributed by atoms with E-state index in [4.69, 9.17) is 23.3 Å². The number of aliphatic hydroxyl groups excluding tert-OH is 1. The molecular weight excluding hydrogens is 856 g/mol. The summed E-state index contributed by atoms with van der Waals surface area (Å²) in [7, 11) is -4.76. The molecule has 376 valence electrons. The Kier molecular flexibility index (Phi) is 45.3. The Bertz CT molecular complexity index is 1480. The fourth-order valence-electron chi connectivity index (χ4n) is 6.22. The number of esters is 3. The third kappa shape index (κ3) is 45.6. The Morgan fingerprint density at radius 1 is 0.439 bits per heavy atom. The maximum Gasteiger partial charge on any atom is 0.472 e. The molecule has 0 saturated heterocycles. The van der Waals surface area contributed by atoms with Gasteiger partial charge in [-0.25, -0.2) is 4.57 Å². The Hall–Kier alpha value is -3.60. The summed E-state index contributed by atoms with van der Waals surface area (Å²) in [5, 5.41) is 9.73. The highest BCUT2D eigenvalue weighted by Gasteiger charge is 2.28. The third-order valence-corrected chi connectivity index (χ3v) is 11.0. The van der Waals surface area contributed by atoms with Gasteiger partial charge < -0.3 is 24.2 Å². The van der Waals surface area contributed by atoms with Gasteiger partial charge in [0.2, 0.25) is 0 Å². The molecule has 66 heavy (non-hydrogen) atoms. The zero-order valence-corrected chi connectivity index (χ0v) is 42.0. The van der Waals surface area contributed by atoms with Crippen molar-refractivity contribution < 1.29 is 52.2 Å². The number of rotatable bonds is 45. The van der Waals surface area contributed by atoms with Crippen molar-refractivity contribution in [1.82, 2.24) is 0 Å². The van der Waals surface area contributed by atoms with Crippen LogP contribution in [0.1, 0.15) is 188 Å². The first-order valence-electron chi connectivity index (χ1n) is 25.1. The standard InChI is InChI=1S/C54H89O11P/c1-4-7-10-13-16-19-21-23-25-27-29-32-34-37-40-43-52(56)61-47-51(65-54(58)45-42-39-36-33-30-28-26-24-22-20-17-14-11-8-5-2)49-63-66(59,60)62-48-50(46-55)64-53(57)44-41-38-35-31-18-15-12-9-6-3/h7-8,10-11,16-17,19-20,23-26,29-30,32-33,50-51,55H,4-6,9,12-15,18,21-22,27-28,31,34-49H2,1-3H3,(H,59,60)/b10-7-,11-8-,19-16-,20-17-,25-23-,26-24-,32-29-,33-30-. The van der Waals surface area contributed by atoms with E-state index >= 15 is 0 Å². The SMILES string of the molecule is CC/C=C\C/C=C\C/C=C\C/C=C\CCCCC(=O)OCC(COP(=O)(O)OCC(CO)OC(=O)CCCCCCCCCCC)OC(=O)CCCC/C=C\C/C=C\C/C=C\C/C=C\CC. The van der Waals surface area contributed by atoms with Gasteiger partial charge in [0.15, 0.2) is 6.10 Å². The van der Waals surface area contributed by atoms with Gasteiger partial charge in [-0.3, -0.25) is 23.4 Å². The number of phosphoric ester groups is 1. The van der Waals surface area contributed by atoms with Crippen LogP contribution in [0.15, 0.2) is 97.2 Å². The summed E-state index contributed by atoms with van der Waals surface area (Å²) < 4.78 is 39.2. The van der Waals surface area contributed by atoms with Crippen molar-refractivity contribution >= 4 is 25.7 Å². The van der Waals surface area contributed by atoms with E-state index in [9.17, 15) is 28.9 Å². The molecular formula is C54H89O11P. The highest BCUT2D eigenvalue weighted by atomic mass is 31.2. The average Bonchev–Trinajstić information content (AvgIpc) is 3.30. The van der Waals surface area contributed by atoms with E-state index < -0.39 is 57.8 Å². The van der Waals surface area contributed by atoms with Crippen molar-refractivity contribution in [3.63, 3.8) is 0 Å². The zero-order valence-electron chi connectivity index (χ0n) is 41.1. The number of carbonyl (C=O) groups excluding carboxylic acids is 3. The minimum absolute atomic E-state index is 0.102. The molecule has 2 N–H and O–H groups in total. The lowest BCUT2D eigenvalue weighted by atomic mass is 10.1. The summed E-state index contributed by atoms with van der Waals surface area (Å²) in [5.74, 6) is -1.58. The molecule has 0 aliphatic carbocycles. The molecule has 0 amide bonds. The number of phosphoric acid groups is 1. The van der Waals surface area contributed by atoms with Crippen LogP contribution in [0.2, 0.25) is 0 Å². The molecule has 0 aliphatic rings. The molecule has 0 rings (SSSR count). The highest BCUT2D eigenvalue weighted by Crippen LogP contribution is 2.43. The fraction of sp³-hybridized carbons (Fsp3) is 0.648. The lowest BCUT2D eigenvalue weighted by molar-refractivity contribution is -0.161. The molecule has 12 heteroatoms. The van der Waals surface area contributed by atoms with Crippen molar-refractivity contribution in [3.05, 3.63) is 97.2 Å². The Morgan fingerprint density at radius 3 is 1.21 bits per heavy atom. The van der Waals surface area contributed by atoms with Gasteiger partial charge in [-0.15, -0.1) is 0 Å². The van der Waals surface area contributed by atoms with Crippen molar-refractivity contribution in [2.45, 2.75) is 200 Å². The van der Waals surface area contributed by atoms with E-state index in [-0.39, 0.29) is 25.9 Å². The van der Waals surface area contributed by atoms with E-state index in [0.29, 0.717) is 19.3 Å². The minimum Gasteiger partial charge on any atom is -0.462 e. The molecule has 0 aromatic heterocycles. The van der Waals surface area contributed by atoms with Gasteiger partial charge in [0, 0.05) is 19.3 Å². The summed E-state index contributed by atoms with van der Waals surface area (Å²) >= 11 is 0. The van der Waals surface area contributed by atoms with Crippen molar-refractivity contribution in [2.24, 2.45) is 0 Å². The first-order valence-corrected chi connectivity index (χ1v) is 26.6. The average molecular weight is 945 g/mol. The number of hydrogen-bond donors (Lipinski definition) is 2. The first-order chi connectivity index (χ1) is 32.2. The van der Waals surface area contributed by atoms with Gasteiger partial charge in [0.1, 0.15) is 12.7 Å². The molecule has 0 spiro atoms. The van der Waals surface area contributed by atoms with E-state index in [0.717, 1.165) is 96.3 Å². The van der Waals surface area contributed by atoms with Crippen molar-refractivity contribution in [3.8, 4) is 0 Å². The zero-order chi connectivity index (χ0) is 48.4. The number of ether oxygens (including phenoxy) is 3. The molecule has 0 aliphatic heterocycles. The molecule has 3 atom stereocenters. The second kappa shape index (κ2) is 47.9. The monoisotopic (exact) mass is 945 g/mol. The number of hydrogen-bond acceptors (Lipinski definition) is 10. The number of unbranched alkanes of at least 4 members (excludes halogenated alkanes) is 12. The lowest BCUT2D eigenvalue weighted by Gasteiger charge is -2.21. The topological polar surface area (TPSA) is 155 Å². The maximum atomic E-state index is 12.8. The van der Waals surface area contributed by atoms with Gasteiger partial charge in [0.25, 0.3) is 0 Å². The Morgan fingerprint density at radius 2 is 0.788 bits per heavy atom. The van der Waals surface area contributed by atoms with E-state index in [2.05, 4.69) is 118 Å². The number of carbonyl (C=O) groups is 3. The molecule has 3 unspecified atom stereocenters. The summed E-state index contributed by atoms with van der Waals surface area (Å²) in [6.07, 6.45) is 54.0. The second-order valence-electron chi connectivity index (χ2n) is 16.2. The lowest BCUT2D eigenvalue weighted by Crippen LogP contribution is -2.30. The van der Waals surface area contributed by atoms with Crippen LogP contribution in [-0.4, -0.2) is 66.5 Å². The van der Waals surface area contributed by atoms with Crippen molar-refractivity contribution in [2.75, 3.05) is 26.4 Å². The summed E-state index contributed by atoms with van der Waals surface area (Å²) in [6, 6.07) is 0. The van der Waals surface area contributed by atoms with Gasteiger partial charge in [-0.05, 0) is 96.3 Å². The fourth-order valence-corrected chi connectivity index (χ4v) is 7.00. The number of aliphatic hydroxyl groups is 1. The summed E-state index contributed by atoms with van der Waals surface area (Å²) in [4.78, 5) is 48.2. The predicted octanol–water partition coefficient (Wildman–Crippen LogP) is 14.1. The molecule has 0 bridgehead atoms. The van der Waals surface area contributed by atoms with E-state index in [1.54, 1.807) is 0 Å². The van der Waals surface area contributed by atoms with Gasteiger partial charge in [-0.2, -0.15) is 0 Å². The smallest absolute Gasteiger partial charge is 0.462 e. The summed E-state index contributed by atoms with van der Waals surface area (Å²) in [5.41, 5.74) is 0. The quantitative estimate of drug-likeness (QED) is 0.0197. The molecule has 0 aromatic rings. The molecule has 0 saturated carbocycles. The van der Waals surface area contributed by atoms with Gasteiger partial charge >= 0.3 is 25.7 Å². The van der Waals surface area contributed by atoms with Crippen LogP contribution in [0.5, 0.6) is 0 Å². The molecule has 0 radical (unpaired) electrons. The third-order valence-electron chi connectivity index (χ3n) is 10.0. The molecule has 0 fully saturated rings. The number of allylic oxidation sites excluding steroid dienone is 16. The highest BCUT2D eigenvalue weighted by molar-refractivity contribution is 7.47. The maximum absolute atomic E-state index is 12.8. The Labute approximate surface area is 400 Å². The molecule has 0 heterocycles. The van der Waals surface area contributed by atoms with Crippen LogP contribution < -0.4 is 0 Å². The van der Waals surface area contributed by atoms with Crippen LogP contribution >= 0.6 is 7.82 Å². The first kappa shape index (κ1) is 62.4. The minimum atomic E-state index is -4.76. The van der Waals surface area contributed by atoms with E-state index in [1.165, 1.54) is 32.1 Å². The van der Waals surface area contributed by atoms with Crippen LogP contribution in [0, 0.1) is 0 Å². The summed E-state index contributed by atoms with van der Waals surface area (Å²) in [6.45, 7) is 4.26. The largest absolute Gasteiger partial charge is 0.472 e. The second-order valence-corrected chi connectivity index (χ2v) is 17.7. The van der Waals surface area contributed by atoms with Crippen LogP contribution in [0.25, 0.3) is 0 Å². The normalized spacial score (nSPS) is 14.3. The van der Waals surface area contributed by atoms with Crippen LogP contribution in [0.4, 0.5) is 0 Å². The van der Waals surface area contributed by atoms with Crippen LogP contribution in [0.3, 0.4) is 0 Å². The van der Waals surface area contributed by atoms with Gasteiger partial charge in [-0.1, -0.05) is 169 Å². The van der Waals surface area contributed by atoms with Gasteiger partial charge in [0.05, 0.1) is 19.8 Å². The molecule has 11 nitrogen and oxygen atoms in total.